The number of aryl methyl sites for hydroxylation is 2. The second kappa shape index (κ2) is 3.62. The smallest absolute Gasteiger partial charge is 0.196 e. The van der Waals surface area contributed by atoms with Crippen molar-refractivity contribution < 1.29 is 9.52 Å². The fourth-order valence-electron chi connectivity index (χ4n) is 2.51. The van der Waals surface area contributed by atoms with Crippen LogP contribution < -0.4 is 5.43 Å². The number of benzene rings is 1. The largest absolute Gasteiger partial charge is 0.508 e. The molecule has 0 fully saturated rings. The summed E-state index contributed by atoms with van der Waals surface area (Å²) in [6.07, 6.45) is 3.77. The maximum Gasteiger partial charge on any atom is 0.196 e. The van der Waals surface area contributed by atoms with Crippen LogP contribution in [0.25, 0.3) is 11.0 Å². The third-order valence-electron chi connectivity index (χ3n) is 3.54. The van der Waals surface area contributed by atoms with Gasteiger partial charge in [0.2, 0.25) is 0 Å². The fraction of sp³-hybridized carbons (Fsp3) is 0.357. The molecular formula is C14H14O3. The minimum absolute atomic E-state index is 0.0732. The first-order valence-electron chi connectivity index (χ1n) is 5.95. The normalized spacial score (nSPS) is 14.9. The van der Waals surface area contributed by atoms with Gasteiger partial charge in [0, 0.05) is 17.5 Å². The molecule has 2 aromatic rings. The summed E-state index contributed by atoms with van der Waals surface area (Å²) >= 11 is 0. The molecule has 0 bridgehead atoms. The first-order chi connectivity index (χ1) is 8.18. The maximum atomic E-state index is 12.3. The Hall–Kier alpha value is -1.77. The van der Waals surface area contributed by atoms with Crippen LogP contribution in [-0.2, 0) is 12.8 Å². The van der Waals surface area contributed by atoms with E-state index in [2.05, 4.69) is 0 Å². The van der Waals surface area contributed by atoms with Gasteiger partial charge in [-0.05, 0) is 38.3 Å². The lowest BCUT2D eigenvalue weighted by atomic mass is 9.95. The molecule has 0 saturated heterocycles. The van der Waals surface area contributed by atoms with Crippen molar-refractivity contribution in [1.82, 2.24) is 0 Å². The van der Waals surface area contributed by atoms with Crippen molar-refractivity contribution in [1.29, 1.82) is 0 Å². The SMILES string of the molecule is Cc1c(O)ccc2c(=O)c3c(oc12)CCCC3. The predicted molar refractivity (Wildman–Crippen MR) is 65.5 cm³/mol. The zero-order valence-electron chi connectivity index (χ0n) is 9.75. The Labute approximate surface area is 98.7 Å². The van der Waals surface area contributed by atoms with Gasteiger partial charge in [0.15, 0.2) is 5.43 Å². The van der Waals surface area contributed by atoms with Gasteiger partial charge in [0.1, 0.15) is 17.1 Å². The zero-order chi connectivity index (χ0) is 12.0. The Morgan fingerprint density at radius 2 is 2.00 bits per heavy atom. The van der Waals surface area contributed by atoms with E-state index in [1.54, 1.807) is 19.1 Å². The summed E-state index contributed by atoms with van der Waals surface area (Å²) in [5.41, 5.74) is 2.08. The summed E-state index contributed by atoms with van der Waals surface area (Å²) in [5.74, 6) is 0.985. The van der Waals surface area contributed by atoms with Crippen molar-refractivity contribution in [3.63, 3.8) is 0 Å². The molecule has 3 nitrogen and oxygen atoms in total. The number of hydrogen-bond acceptors (Lipinski definition) is 3. The van der Waals surface area contributed by atoms with Gasteiger partial charge in [-0.1, -0.05) is 0 Å². The van der Waals surface area contributed by atoms with Gasteiger partial charge in [-0.3, -0.25) is 4.79 Å². The van der Waals surface area contributed by atoms with Crippen molar-refractivity contribution in [2.75, 3.05) is 0 Å². The molecule has 0 atom stereocenters. The van der Waals surface area contributed by atoms with Crippen LogP contribution in [-0.4, -0.2) is 5.11 Å². The fourth-order valence-corrected chi connectivity index (χ4v) is 2.51. The molecule has 1 aliphatic carbocycles. The van der Waals surface area contributed by atoms with E-state index in [0.717, 1.165) is 37.0 Å². The number of aromatic hydroxyl groups is 1. The summed E-state index contributed by atoms with van der Waals surface area (Å²) < 4.78 is 5.82. The van der Waals surface area contributed by atoms with E-state index in [1.807, 2.05) is 0 Å². The molecule has 0 radical (unpaired) electrons. The third-order valence-corrected chi connectivity index (χ3v) is 3.54. The molecule has 1 aromatic carbocycles. The first kappa shape index (κ1) is 10.4. The molecule has 3 rings (SSSR count). The highest BCUT2D eigenvalue weighted by atomic mass is 16.3. The Balaban J connectivity index is 2.44. The predicted octanol–water partition coefficient (Wildman–Crippen LogP) is 2.69. The summed E-state index contributed by atoms with van der Waals surface area (Å²) in [5, 5.41) is 10.2. The number of hydrogen-bond donors (Lipinski definition) is 1. The Morgan fingerprint density at radius 3 is 2.82 bits per heavy atom. The van der Waals surface area contributed by atoms with Crippen LogP contribution in [0.4, 0.5) is 0 Å². The topological polar surface area (TPSA) is 50.4 Å². The molecule has 0 unspecified atom stereocenters. The molecule has 17 heavy (non-hydrogen) atoms. The monoisotopic (exact) mass is 230 g/mol. The highest BCUT2D eigenvalue weighted by Gasteiger charge is 2.19. The van der Waals surface area contributed by atoms with Gasteiger partial charge in [-0.25, -0.2) is 0 Å². The second-order valence-electron chi connectivity index (χ2n) is 4.63. The van der Waals surface area contributed by atoms with Crippen LogP contribution in [0.3, 0.4) is 0 Å². The van der Waals surface area contributed by atoms with Crippen LogP contribution >= 0.6 is 0 Å². The van der Waals surface area contributed by atoms with E-state index < -0.39 is 0 Å². The molecule has 3 heteroatoms. The molecule has 0 saturated carbocycles. The van der Waals surface area contributed by atoms with Crippen molar-refractivity contribution in [3.05, 3.63) is 39.2 Å². The van der Waals surface area contributed by atoms with E-state index in [-0.39, 0.29) is 11.2 Å². The quantitative estimate of drug-likeness (QED) is 0.757. The summed E-state index contributed by atoms with van der Waals surface area (Å²) in [7, 11) is 0. The number of rotatable bonds is 0. The minimum atomic E-state index is 0.0732. The van der Waals surface area contributed by atoms with Crippen LogP contribution in [0.2, 0.25) is 0 Å². The lowest BCUT2D eigenvalue weighted by Gasteiger charge is -2.15. The first-order valence-corrected chi connectivity index (χ1v) is 5.95. The summed E-state index contributed by atoms with van der Waals surface area (Å²) in [4.78, 5) is 12.3. The molecule has 88 valence electrons. The van der Waals surface area contributed by atoms with E-state index in [4.69, 9.17) is 4.42 Å². The van der Waals surface area contributed by atoms with E-state index >= 15 is 0 Å². The average Bonchev–Trinajstić information content (AvgIpc) is 2.35. The number of fused-ring (bicyclic) bond motifs is 2. The molecular weight excluding hydrogens is 216 g/mol. The van der Waals surface area contributed by atoms with Crippen LogP contribution in [0.1, 0.15) is 29.7 Å². The average molecular weight is 230 g/mol. The number of phenolic OH excluding ortho intramolecular Hbond substituents is 1. The van der Waals surface area contributed by atoms with Crippen molar-refractivity contribution in [2.24, 2.45) is 0 Å². The van der Waals surface area contributed by atoms with E-state index in [9.17, 15) is 9.90 Å². The molecule has 0 amide bonds. The zero-order valence-corrected chi connectivity index (χ0v) is 9.75. The molecule has 0 spiro atoms. The number of phenols is 1. The Morgan fingerprint density at radius 1 is 1.24 bits per heavy atom. The Bertz CT molecular complexity index is 653. The molecule has 1 aromatic heterocycles. The van der Waals surface area contributed by atoms with Gasteiger partial charge in [0.05, 0.1) is 5.39 Å². The Kier molecular flexibility index (Phi) is 2.21. The van der Waals surface area contributed by atoms with Crippen molar-refractivity contribution in [3.8, 4) is 5.75 Å². The third kappa shape index (κ3) is 1.46. The van der Waals surface area contributed by atoms with Gasteiger partial charge < -0.3 is 9.52 Å². The van der Waals surface area contributed by atoms with E-state index in [1.165, 1.54) is 0 Å². The van der Waals surface area contributed by atoms with Gasteiger partial charge in [-0.2, -0.15) is 0 Å². The van der Waals surface area contributed by atoms with Gasteiger partial charge >= 0.3 is 0 Å². The second-order valence-corrected chi connectivity index (χ2v) is 4.63. The van der Waals surface area contributed by atoms with Crippen molar-refractivity contribution >= 4 is 11.0 Å². The van der Waals surface area contributed by atoms with Crippen LogP contribution in [0.5, 0.6) is 5.75 Å². The highest BCUT2D eigenvalue weighted by Crippen LogP contribution is 2.28. The summed E-state index contributed by atoms with van der Waals surface area (Å²) in [6, 6.07) is 3.21. The van der Waals surface area contributed by atoms with Gasteiger partial charge in [-0.15, -0.1) is 0 Å². The van der Waals surface area contributed by atoms with Crippen LogP contribution in [0.15, 0.2) is 21.3 Å². The maximum absolute atomic E-state index is 12.3. The molecule has 1 heterocycles. The minimum Gasteiger partial charge on any atom is -0.508 e. The van der Waals surface area contributed by atoms with Crippen LogP contribution in [0, 0.1) is 6.92 Å². The lowest BCUT2D eigenvalue weighted by Crippen LogP contribution is -2.16. The van der Waals surface area contributed by atoms with Gasteiger partial charge in [0.25, 0.3) is 0 Å². The standard InChI is InChI=1S/C14H14O3/c1-8-11(15)7-6-10-13(16)9-4-2-3-5-12(9)17-14(8)10/h6-7,15H,2-5H2,1H3. The lowest BCUT2D eigenvalue weighted by molar-refractivity contribution is 0.461. The molecule has 1 N–H and O–H groups in total. The summed E-state index contributed by atoms with van der Waals surface area (Å²) in [6.45, 7) is 1.77. The van der Waals surface area contributed by atoms with Crippen molar-refractivity contribution in [2.45, 2.75) is 32.6 Å². The highest BCUT2D eigenvalue weighted by molar-refractivity contribution is 5.82. The molecule has 1 aliphatic rings. The molecule has 0 aliphatic heterocycles. The van der Waals surface area contributed by atoms with E-state index in [0.29, 0.717) is 16.5 Å².